The fourth-order valence-corrected chi connectivity index (χ4v) is 4.06. The fraction of sp³-hybridized carbons (Fsp3) is 1.00. The summed E-state index contributed by atoms with van der Waals surface area (Å²) in [7, 11) is 0. The maximum atomic E-state index is 6.49. The van der Waals surface area contributed by atoms with E-state index in [9.17, 15) is 0 Å². The van der Waals surface area contributed by atoms with Crippen molar-refractivity contribution in [3.63, 3.8) is 0 Å². The van der Waals surface area contributed by atoms with Crippen LogP contribution in [-0.2, 0) is 0 Å². The van der Waals surface area contributed by atoms with Crippen molar-refractivity contribution in [2.45, 2.75) is 95.9 Å². The number of hydrogen-bond acceptors (Lipinski definition) is 1. The number of nitrogens with two attached hydrogens (primary N) is 1. The molecule has 0 radical (unpaired) electrons. The molecule has 0 bridgehead atoms. The van der Waals surface area contributed by atoms with Crippen LogP contribution in [0, 0.1) is 11.8 Å². The van der Waals surface area contributed by atoms with Crippen molar-refractivity contribution in [3.05, 3.63) is 0 Å². The first-order chi connectivity index (χ1) is 8.86. The Morgan fingerprint density at radius 2 is 1.22 bits per heavy atom. The number of hydrogen-bond donors (Lipinski definition) is 1. The van der Waals surface area contributed by atoms with Gasteiger partial charge in [-0.25, -0.2) is 0 Å². The molecule has 0 heterocycles. The summed E-state index contributed by atoms with van der Waals surface area (Å²) in [6.45, 7) is 0. The Kier molecular flexibility index (Phi) is 6.54. The molecule has 1 heteroatoms. The van der Waals surface area contributed by atoms with E-state index in [2.05, 4.69) is 0 Å². The average Bonchev–Trinajstić information content (AvgIpc) is 2.37. The Hall–Kier alpha value is -0.0400. The smallest absolute Gasteiger partial charge is 0.00672 e. The van der Waals surface area contributed by atoms with Crippen LogP contribution < -0.4 is 5.73 Å². The van der Waals surface area contributed by atoms with Gasteiger partial charge in [0.05, 0.1) is 0 Å². The minimum Gasteiger partial charge on any atom is -0.327 e. The van der Waals surface area contributed by atoms with Crippen molar-refractivity contribution in [2.75, 3.05) is 0 Å². The van der Waals surface area contributed by atoms with E-state index in [1.165, 1.54) is 89.9 Å². The van der Waals surface area contributed by atoms with Gasteiger partial charge in [-0.15, -0.1) is 0 Å². The molecular formula is C17H33N. The van der Waals surface area contributed by atoms with Gasteiger partial charge in [0.2, 0.25) is 0 Å². The summed E-state index contributed by atoms with van der Waals surface area (Å²) in [6, 6.07) is 0.505. The summed E-state index contributed by atoms with van der Waals surface area (Å²) in [5.41, 5.74) is 6.49. The van der Waals surface area contributed by atoms with Gasteiger partial charge in [-0.2, -0.15) is 0 Å². The largest absolute Gasteiger partial charge is 0.327 e. The molecule has 0 spiro atoms. The molecule has 2 aliphatic rings. The van der Waals surface area contributed by atoms with E-state index in [1.54, 1.807) is 0 Å². The molecule has 0 aromatic rings. The van der Waals surface area contributed by atoms with E-state index in [1.807, 2.05) is 0 Å². The standard InChI is InChI=1S/C17H33N/c18-17(14-13-15-9-5-4-6-10-15)16-11-7-2-1-3-8-12-16/h15-17H,1-14,18H2. The highest BCUT2D eigenvalue weighted by molar-refractivity contribution is 4.77. The molecule has 2 fully saturated rings. The molecule has 0 aliphatic heterocycles. The summed E-state index contributed by atoms with van der Waals surface area (Å²) in [5.74, 6) is 1.85. The van der Waals surface area contributed by atoms with Crippen LogP contribution in [-0.4, -0.2) is 6.04 Å². The van der Waals surface area contributed by atoms with Gasteiger partial charge in [-0.1, -0.05) is 64.2 Å². The normalized spacial score (nSPS) is 26.5. The molecule has 1 atom stereocenters. The van der Waals surface area contributed by atoms with E-state index < -0.39 is 0 Å². The third-order valence-electron chi connectivity index (χ3n) is 5.39. The molecule has 0 amide bonds. The molecule has 2 rings (SSSR count). The van der Waals surface area contributed by atoms with E-state index >= 15 is 0 Å². The van der Waals surface area contributed by atoms with Gasteiger partial charge < -0.3 is 5.73 Å². The highest BCUT2D eigenvalue weighted by Gasteiger charge is 2.21. The van der Waals surface area contributed by atoms with Gasteiger partial charge >= 0.3 is 0 Å². The summed E-state index contributed by atoms with van der Waals surface area (Å²) in [5, 5.41) is 0. The van der Waals surface area contributed by atoms with Crippen LogP contribution in [0.5, 0.6) is 0 Å². The van der Waals surface area contributed by atoms with Crippen molar-refractivity contribution in [1.82, 2.24) is 0 Å². The molecule has 2 aliphatic carbocycles. The van der Waals surface area contributed by atoms with Crippen LogP contribution >= 0.6 is 0 Å². The number of rotatable bonds is 4. The average molecular weight is 251 g/mol. The molecule has 18 heavy (non-hydrogen) atoms. The molecule has 0 aromatic carbocycles. The van der Waals surface area contributed by atoms with Gasteiger partial charge in [-0.05, 0) is 37.5 Å². The second-order valence-corrected chi connectivity index (χ2v) is 6.85. The fourth-order valence-electron chi connectivity index (χ4n) is 4.06. The summed E-state index contributed by atoms with van der Waals surface area (Å²) < 4.78 is 0. The summed E-state index contributed by atoms with van der Waals surface area (Å²) in [4.78, 5) is 0. The van der Waals surface area contributed by atoms with Gasteiger partial charge in [0.15, 0.2) is 0 Å². The molecule has 0 aromatic heterocycles. The van der Waals surface area contributed by atoms with Crippen LogP contribution in [0.15, 0.2) is 0 Å². The minimum atomic E-state index is 0.505. The zero-order valence-corrected chi connectivity index (χ0v) is 12.2. The third kappa shape index (κ3) is 4.91. The second kappa shape index (κ2) is 8.19. The Labute approximate surface area is 114 Å². The molecule has 1 unspecified atom stereocenters. The maximum Gasteiger partial charge on any atom is 0.00672 e. The van der Waals surface area contributed by atoms with Crippen LogP contribution in [0.1, 0.15) is 89.9 Å². The van der Waals surface area contributed by atoms with Crippen LogP contribution in [0.3, 0.4) is 0 Å². The second-order valence-electron chi connectivity index (χ2n) is 6.85. The predicted octanol–water partition coefficient (Wildman–Crippen LogP) is 5.03. The van der Waals surface area contributed by atoms with Crippen molar-refractivity contribution < 1.29 is 0 Å². The maximum absolute atomic E-state index is 6.49. The Balaban J connectivity index is 1.66. The molecule has 0 saturated heterocycles. The lowest BCUT2D eigenvalue weighted by molar-refractivity contribution is 0.273. The van der Waals surface area contributed by atoms with Gasteiger partial charge in [0.1, 0.15) is 0 Å². The highest BCUT2D eigenvalue weighted by atomic mass is 14.6. The van der Waals surface area contributed by atoms with E-state index in [-0.39, 0.29) is 0 Å². The topological polar surface area (TPSA) is 26.0 Å². The quantitative estimate of drug-likeness (QED) is 0.744. The van der Waals surface area contributed by atoms with Crippen molar-refractivity contribution in [3.8, 4) is 0 Å². The van der Waals surface area contributed by atoms with Crippen LogP contribution in [0.25, 0.3) is 0 Å². The molecular weight excluding hydrogens is 218 g/mol. The lowest BCUT2D eigenvalue weighted by Gasteiger charge is -2.28. The van der Waals surface area contributed by atoms with Crippen LogP contribution in [0.4, 0.5) is 0 Å². The first kappa shape index (κ1) is 14.4. The molecule has 2 N–H and O–H groups in total. The summed E-state index contributed by atoms with van der Waals surface area (Å²) >= 11 is 0. The minimum absolute atomic E-state index is 0.505. The monoisotopic (exact) mass is 251 g/mol. The summed E-state index contributed by atoms with van der Waals surface area (Å²) in [6.07, 6.45) is 20.2. The highest BCUT2D eigenvalue weighted by Crippen LogP contribution is 2.30. The van der Waals surface area contributed by atoms with E-state index in [0.29, 0.717) is 6.04 Å². The lowest BCUT2D eigenvalue weighted by Crippen LogP contribution is -2.31. The van der Waals surface area contributed by atoms with Gasteiger partial charge in [0, 0.05) is 6.04 Å². The molecule has 2 saturated carbocycles. The zero-order chi connectivity index (χ0) is 12.6. The Morgan fingerprint density at radius 1 is 0.722 bits per heavy atom. The third-order valence-corrected chi connectivity index (χ3v) is 5.39. The predicted molar refractivity (Wildman–Crippen MR) is 79.6 cm³/mol. The van der Waals surface area contributed by atoms with Crippen molar-refractivity contribution in [2.24, 2.45) is 17.6 Å². The first-order valence-electron chi connectivity index (χ1n) is 8.62. The van der Waals surface area contributed by atoms with Crippen LogP contribution in [0.2, 0.25) is 0 Å². The zero-order valence-electron chi connectivity index (χ0n) is 12.2. The lowest BCUT2D eigenvalue weighted by atomic mass is 9.80. The van der Waals surface area contributed by atoms with E-state index in [4.69, 9.17) is 5.73 Å². The van der Waals surface area contributed by atoms with Crippen molar-refractivity contribution in [1.29, 1.82) is 0 Å². The molecule has 106 valence electrons. The SMILES string of the molecule is NC(CCC1CCCCC1)C1CCCCCCC1. The van der Waals surface area contributed by atoms with E-state index in [0.717, 1.165) is 11.8 Å². The Morgan fingerprint density at radius 3 is 1.89 bits per heavy atom. The van der Waals surface area contributed by atoms with Crippen molar-refractivity contribution >= 4 is 0 Å². The Bertz CT molecular complexity index is 200. The molecule has 1 nitrogen and oxygen atoms in total. The van der Waals surface area contributed by atoms with Gasteiger partial charge in [0.25, 0.3) is 0 Å². The van der Waals surface area contributed by atoms with Gasteiger partial charge in [-0.3, -0.25) is 0 Å². The first-order valence-corrected chi connectivity index (χ1v) is 8.62.